The Kier molecular flexibility index (Phi) is 4.92. The molecule has 19 heavy (non-hydrogen) atoms. The Morgan fingerprint density at radius 1 is 1.37 bits per heavy atom. The maximum absolute atomic E-state index is 12.0. The molecule has 0 radical (unpaired) electrons. The molecule has 7 heteroatoms. The van der Waals surface area contributed by atoms with E-state index < -0.39 is 0 Å². The zero-order valence-corrected chi connectivity index (χ0v) is 13.6. The first-order chi connectivity index (χ1) is 8.98. The van der Waals surface area contributed by atoms with Crippen molar-refractivity contribution in [3.05, 3.63) is 15.4 Å². The summed E-state index contributed by atoms with van der Waals surface area (Å²) in [6, 6.07) is 0. The first kappa shape index (κ1) is 14.9. The van der Waals surface area contributed by atoms with Crippen molar-refractivity contribution < 1.29 is 4.79 Å². The van der Waals surface area contributed by atoms with E-state index in [9.17, 15) is 4.79 Å². The summed E-state index contributed by atoms with van der Waals surface area (Å²) in [7, 11) is 0. The molecule has 2 rings (SSSR count). The molecule has 1 aliphatic carbocycles. The van der Waals surface area contributed by atoms with Gasteiger partial charge >= 0.3 is 0 Å². The first-order valence-corrected chi connectivity index (χ1v) is 7.84. The fourth-order valence-corrected chi connectivity index (χ4v) is 3.27. The van der Waals surface area contributed by atoms with Gasteiger partial charge in [0.1, 0.15) is 9.21 Å². The average Bonchev–Trinajstić information content (AvgIpc) is 2.33. The number of carbonyl (C=O) groups is 1. The van der Waals surface area contributed by atoms with Gasteiger partial charge in [0.15, 0.2) is 5.82 Å². The Morgan fingerprint density at radius 2 is 2.05 bits per heavy atom. The molecule has 0 spiro atoms. The lowest BCUT2D eigenvalue weighted by molar-refractivity contribution is -0.117. The van der Waals surface area contributed by atoms with Crippen LogP contribution < -0.4 is 11.1 Å². The minimum Gasteiger partial charge on any atom is -0.325 e. The van der Waals surface area contributed by atoms with E-state index in [2.05, 4.69) is 47.1 Å². The second kappa shape index (κ2) is 6.28. The van der Waals surface area contributed by atoms with Crippen LogP contribution in [0.5, 0.6) is 0 Å². The molecule has 0 atom stereocenters. The highest BCUT2D eigenvalue weighted by atomic mass is 79.9. The number of nitrogens with zero attached hydrogens (tertiary/aromatic N) is 2. The van der Waals surface area contributed by atoms with Crippen molar-refractivity contribution in [3.63, 3.8) is 0 Å². The highest BCUT2D eigenvalue weighted by Crippen LogP contribution is 2.29. The molecule has 1 aromatic heterocycles. The highest BCUT2D eigenvalue weighted by molar-refractivity contribution is 9.11. The van der Waals surface area contributed by atoms with Gasteiger partial charge in [0.05, 0.1) is 6.20 Å². The number of amides is 1. The Morgan fingerprint density at radius 3 is 2.68 bits per heavy atom. The molecule has 0 unspecified atom stereocenters. The van der Waals surface area contributed by atoms with Crippen molar-refractivity contribution >= 4 is 43.6 Å². The summed E-state index contributed by atoms with van der Waals surface area (Å²) in [5.41, 5.74) is 5.90. The van der Waals surface area contributed by atoms with E-state index in [1.807, 2.05) is 0 Å². The van der Waals surface area contributed by atoms with E-state index in [4.69, 9.17) is 5.73 Å². The van der Waals surface area contributed by atoms with Crippen LogP contribution in [-0.4, -0.2) is 21.4 Å². The van der Waals surface area contributed by atoms with Crippen LogP contribution in [0.4, 0.5) is 5.82 Å². The summed E-state index contributed by atoms with van der Waals surface area (Å²) in [5.74, 6) is 0.314. The fraction of sp³-hybridized carbons (Fsp3) is 0.583. The zero-order valence-electron chi connectivity index (χ0n) is 10.5. The zero-order chi connectivity index (χ0) is 13.9. The molecule has 1 fully saturated rings. The van der Waals surface area contributed by atoms with Crippen LogP contribution in [0.25, 0.3) is 0 Å². The molecule has 5 nitrogen and oxygen atoms in total. The lowest BCUT2D eigenvalue weighted by Gasteiger charge is -2.32. The normalized spacial score (nSPS) is 18.1. The number of rotatable bonds is 3. The summed E-state index contributed by atoms with van der Waals surface area (Å²) < 4.78 is 1.12. The van der Waals surface area contributed by atoms with Gasteiger partial charge in [-0.2, -0.15) is 0 Å². The second-order valence-electron chi connectivity index (χ2n) is 4.98. The molecule has 0 aliphatic heterocycles. The lowest BCUT2D eigenvalue weighted by Crippen LogP contribution is -2.44. The maximum atomic E-state index is 12.0. The van der Waals surface area contributed by atoms with E-state index in [0.717, 1.165) is 25.7 Å². The smallest absolute Gasteiger partial charge is 0.227 e. The number of nitrogens with one attached hydrogen (secondary N) is 1. The van der Waals surface area contributed by atoms with Gasteiger partial charge in [-0.15, -0.1) is 0 Å². The predicted octanol–water partition coefficient (Wildman–Crippen LogP) is 2.99. The maximum Gasteiger partial charge on any atom is 0.227 e. The number of hydrogen-bond donors (Lipinski definition) is 2. The van der Waals surface area contributed by atoms with Gasteiger partial charge in [0.25, 0.3) is 0 Å². The van der Waals surface area contributed by atoms with E-state index in [-0.39, 0.29) is 11.4 Å². The topological polar surface area (TPSA) is 80.9 Å². The van der Waals surface area contributed by atoms with Crippen LogP contribution in [-0.2, 0) is 4.79 Å². The monoisotopic (exact) mass is 390 g/mol. The van der Waals surface area contributed by atoms with Gasteiger partial charge in [-0.1, -0.05) is 19.3 Å². The molecule has 1 saturated carbocycles. The molecule has 1 aromatic rings. The van der Waals surface area contributed by atoms with Crippen molar-refractivity contribution in [2.24, 2.45) is 5.73 Å². The van der Waals surface area contributed by atoms with Crippen LogP contribution in [0, 0.1) is 0 Å². The van der Waals surface area contributed by atoms with E-state index in [1.165, 1.54) is 6.42 Å². The minimum atomic E-state index is -0.363. The van der Waals surface area contributed by atoms with Gasteiger partial charge in [-0.05, 0) is 44.7 Å². The predicted molar refractivity (Wildman–Crippen MR) is 80.7 cm³/mol. The molecule has 0 saturated heterocycles. The molecule has 1 heterocycles. The SMILES string of the molecule is NC1(CC(=O)Nc2ncc(Br)nc2Br)CCCCC1. The summed E-state index contributed by atoms with van der Waals surface area (Å²) in [5, 5.41) is 2.75. The largest absolute Gasteiger partial charge is 0.325 e. The van der Waals surface area contributed by atoms with Crippen LogP contribution in [0.1, 0.15) is 38.5 Å². The molecule has 1 amide bonds. The molecular weight excluding hydrogens is 376 g/mol. The van der Waals surface area contributed by atoms with Crippen molar-refractivity contribution in [2.45, 2.75) is 44.1 Å². The van der Waals surface area contributed by atoms with Crippen LogP contribution in [0.3, 0.4) is 0 Å². The number of hydrogen-bond acceptors (Lipinski definition) is 4. The molecule has 3 N–H and O–H groups in total. The van der Waals surface area contributed by atoms with Crippen LogP contribution >= 0.6 is 31.9 Å². The van der Waals surface area contributed by atoms with Gasteiger partial charge in [-0.3, -0.25) is 4.79 Å². The Labute approximate surface area is 129 Å². The third-order valence-corrected chi connectivity index (χ3v) is 4.26. The first-order valence-electron chi connectivity index (χ1n) is 6.25. The van der Waals surface area contributed by atoms with Gasteiger partial charge < -0.3 is 11.1 Å². The van der Waals surface area contributed by atoms with Crippen molar-refractivity contribution in [1.82, 2.24) is 9.97 Å². The lowest BCUT2D eigenvalue weighted by atomic mass is 9.80. The number of halogens is 2. The van der Waals surface area contributed by atoms with Gasteiger partial charge in [0, 0.05) is 12.0 Å². The molecule has 0 aromatic carbocycles. The van der Waals surface area contributed by atoms with Crippen molar-refractivity contribution in [1.29, 1.82) is 0 Å². The second-order valence-corrected chi connectivity index (χ2v) is 6.54. The Bertz CT molecular complexity index is 475. The third kappa shape index (κ3) is 4.22. The fourth-order valence-electron chi connectivity index (χ4n) is 2.36. The summed E-state index contributed by atoms with van der Waals surface area (Å²) in [6.45, 7) is 0. The van der Waals surface area contributed by atoms with E-state index >= 15 is 0 Å². The summed E-state index contributed by atoms with van der Waals surface area (Å²) in [4.78, 5) is 20.3. The standard InChI is InChI=1S/C12H16Br2N4O/c13-8-7-16-11(10(14)17-8)18-9(19)6-12(15)4-2-1-3-5-12/h7H,1-6,15H2,(H,16,18,19). The quantitative estimate of drug-likeness (QED) is 0.829. The Balaban J connectivity index is 1.97. The average molecular weight is 392 g/mol. The number of aromatic nitrogens is 2. The molecule has 1 aliphatic rings. The number of anilines is 1. The van der Waals surface area contributed by atoms with Crippen molar-refractivity contribution in [2.75, 3.05) is 5.32 Å². The van der Waals surface area contributed by atoms with Gasteiger partial charge in [-0.25, -0.2) is 9.97 Å². The van der Waals surface area contributed by atoms with Crippen molar-refractivity contribution in [3.8, 4) is 0 Å². The van der Waals surface area contributed by atoms with Crippen LogP contribution in [0.15, 0.2) is 15.4 Å². The summed E-state index contributed by atoms with van der Waals surface area (Å²) >= 11 is 6.48. The molecule has 104 valence electrons. The van der Waals surface area contributed by atoms with Gasteiger partial charge in [0.2, 0.25) is 5.91 Å². The molecule has 0 bridgehead atoms. The minimum absolute atomic E-state index is 0.110. The van der Waals surface area contributed by atoms with E-state index in [0.29, 0.717) is 21.4 Å². The number of nitrogens with two attached hydrogens (primary N) is 1. The van der Waals surface area contributed by atoms with E-state index in [1.54, 1.807) is 6.20 Å². The third-order valence-electron chi connectivity index (χ3n) is 3.32. The summed E-state index contributed by atoms with van der Waals surface area (Å²) in [6.07, 6.45) is 7.11. The van der Waals surface area contributed by atoms with Crippen LogP contribution in [0.2, 0.25) is 0 Å². The highest BCUT2D eigenvalue weighted by Gasteiger charge is 2.30. The Hall–Kier alpha value is -0.530. The molecular formula is C12H16Br2N4O. The number of carbonyl (C=O) groups excluding carboxylic acids is 1.